The van der Waals surface area contributed by atoms with Crippen molar-refractivity contribution in [1.82, 2.24) is 10.2 Å². The van der Waals surface area contributed by atoms with E-state index in [0.717, 1.165) is 0 Å². The van der Waals surface area contributed by atoms with Crippen LogP contribution < -0.4 is 5.32 Å². The van der Waals surface area contributed by atoms with Crippen molar-refractivity contribution < 1.29 is 14.7 Å². The Hall–Kier alpha value is -1.46. The standard InChI is InChI=1S/C14H14Cl2N2O3/c15-8-1-2-10(19)12(13(8)16)7-3-4-18-9(5-7)14(21)17-6-11(18)20/h1-2,7,9,19H,3-6H2,(H,17,21)/t7-,9+/m1/s1. The Morgan fingerprint density at radius 2 is 2.05 bits per heavy atom. The third kappa shape index (κ3) is 2.45. The van der Waals surface area contributed by atoms with Gasteiger partial charge in [0, 0.05) is 12.1 Å². The second-order valence-corrected chi connectivity index (χ2v) is 6.12. The number of phenols is 1. The van der Waals surface area contributed by atoms with Gasteiger partial charge in [-0.1, -0.05) is 23.2 Å². The van der Waals surface area contributed by atoms with Crippen LogP contribution in [-0.2, 0) is 9.59 Å². The van der Waals surface area contributed by atoms with Crippen molar-refractivity contribution in [2.75, 3.05) is 13.1 Å². The molecule has 0 aromatic heterocycles. The minimum absolute atomic E-state index is 0.0587. The lowest BCUT2D eigenvalue weighted by Gasteiger charge is -2.41. The summed E-state index contributed by atoms with van der Waals surface area (Å²) >= 11 is 12.2. The fraction of sp³-hybridized carbons (Fsp3) is 0.429. The molecule has 0 radical (unpaired) electrons. The van der Waals surface area contributed by atoms with Gasteiger partial charge in [-0.05, 0) is 30.9 Å². The van der Waals surface area contributed by atoms with Gasteiger partial charge in [-0.15, -0.1) is 0 Å². The van der Waals surface area contributed by atoms with Gasteiger partial charge in [-0.3, -0.25) is 9.59 Å². The van der Waals surface area contributed by atoms with Gasteiger partial charge < -0.3 is 15.3 Å². The average molecular weight is 329 g/mol. The summed E-state index contributed by atoms with van der Waals surface area (Å²) in [6.07, 6.45) is 1.08. The van der Waals surface area contributed by atoms with E-state index in [1.54, 1.807) is 4.90 Å². The van der Waals surface area contributed by atoms with E-state index in [9.17, 15) is 14.7 Å². The van der Waals surface area contributed by atoms with Crippen LogP contribution in [0.5, 0.6) is 5.75 Å². The first kappa shape index (κ1) is 14.5. The Bertz CT molecular complexity index is 620. The van der Waals surface area contributed by atoms with Gasteiger partial charge >= 0.3 is 0 Å². The van der Waals surface area contributed by atoms with Crippen LogP contribution in [0.2, 0.25) is 10.0 Å². The quantitative estimate of drug-likeness (QED) is 0.827. The van der Waals surface area contributed by atoms with Crippen LogP contribution in [0.15, 0.2) is 12.1 Å². The molecule has 2 amide bonds. The monoisotopic (exact) mass is 328 g/mol. The zero-order valence-electron chi connectivity index (χ0n) is 11.1. The second kappa shape index (κ2) is 5.39. The minimum atomic E-state index is -0.501. The molecular formula is C14H14Cl2N2O3. The van der Waals surface area contributed by atoms with Gasteiger partial charge in [0.15, 0.2) is 0 Å². The molecule has 1 aromatic carbocycles. The van der Waals surface area contributed by atoms with Crippen LogP contribution >= 0.6 is 23.2 Å². The Kier molecular flexibility index (Phi) is 3.71. The lowest BCUT2D eigenvalue weighted by molar-refractivity contribution is -0.147. The average Bonchev–Trinajstić information content (AvgIpc) is 2.47. The molecule has 2 fully saturated rings. The number of piperazine rings is 1. The summed E-state index contributed by atoms with van der Waals surface area (Å²) in [7, 11) is 0. The van der Waals surface area contributed by atoms with Gasteiger partial charge in [-0.2, -0.15) is 0 Å². The molecule has 2 saturated heterocycles. The summed E-state index contributed by atoms with van der Waals surface area (Å²) in [6.45, 7) is 0.535. The largest absolute Gasteiger partial charge is 0.508 e. The predicted molar refractivity (Wildman–Crippen MR) is 78.6 cm³/mol. The maximum atomic E-state index is 12.0. The summed E-state index contributed by atoms with van der Waals surface area (Å²) in [4.78, 5) is 25.4. The number of nitrogens with one attached hydrogen (secondary N) is 1. The fourth-order valence-corrected chi connectivity index (χ4v) is 3.58. The smallest absolute Gasteiger partial charge is 0.243 e. The van der Waals surface area contributed by atoms with Crippen molar-refractivity contribution in [1.29, 1.82) is 0 Å². The van der Waals surface area contributed by atoms with Crippen molar-refractivity contribution in [2.45, 2.75) is 24.8 Å². The Morgan fingerprint density at radius 1 is 1.29 bits per heavy atom. The van der Waals surface area contributed by atoms with E-state index in [1.165, 1.54) is 12.1 Å². The first-order valence-electron chi connectivity index (χ1n) is 6.73. The summed E-state index contributed by atoms with van der Waals surface area (Å²) in [5, 5.41) is 13.3. The van der Waals surface area contributed by atoms with Gasteiger partial charge in [0.1, 0.15) is 11.8 Å². The molecule has 0 bridgehead atoms. The highest BCUT2D eigenvalue weighted by atomic mass is 35.5. The topological polar surface area (TPSA) is 69.6 Å². The molecule has 2 heterocycles. The maximum absolute atomic E-state index is 12.0. The number of benzene rings is 1. The number of piperidine rings is 1. The van der Waals surface area contributed by atoms with E-state index in [-0.39, 0.29) is 30.0 Å². The molecule has 0 unspecified atom stereocenters. The van der Waals surface area contributed by atoms with E-state index in [2.05, 4.69) is 5.32 Å². The zero-order chi connectivity index (χ0) is 15.1. The number of nitrogens with zero attached hydrogens (tertiary/aromatic N) is 1. The third-order valence-corrected chi connectivity index (χ3v) is 4.98. The van der Waals surface area contributed by atoms with E-state index < -0.39 is 6.04 Å². The number of carbonyl (C=O) groups excluding carboxylic acids is 2. The van der Waals surface area contributed by atoms with Crippen LogP contribution in [0, 0.1) is 0 Å². The van der Waals surface area contributed by atoms with Crippen LogP contribution in [-0.4, -0.2) is 41.0 Å². The van der Waals surface area contributed by atoms with Crippen molar-refractivity contribution in [3.8, 4) is 5.75 Å². The number of hydrogen-bond donors (Lipinski definition) is 2. The van der Waals surface area contributed by atoms with Gasteiger partial charge in [0.2, 0.25) is 11.8 Å². The molecule has 7 heteroatoms. The molecule has 0 aliphatic carbocycles. The maximum Gasteiger partial charge on any atom is 0.243 e. The Morgan fingerprint density at radius 3 is 2.81 bits per heavy atom. The molecule has 3 rings (SSSR count). The van der Waals surface area contributed by atoms with Crippen molar-refractivity contribution in [2.24, 2.45) is 0 Å². The van der Waals surface area contributed by atoms with Crippen molar-refractivity contribution in [3.05, 3.63) is 27.7 Å². The number of carbonyl (C=O) groups is 2. The van der Waals surface area contributed by atoms with Gasteiger partial charge in [-0.25, -0.2) is 0 Å². The number of rotatable bonds is 1. The summed E-state index contributed by atoms with van der Waals surface area (Å²) in [5.74, 6) is -0.254. The molecule has 112 valence electrons. The first-order chi connectivity index (χ1) is 9.99. The molecule has 0 spiro atoms. The molecule has 1 aromatic rings. The van der Waals surface area contributed by atoms with Crippen molar-refractivity contribution >= 4 is 35.0 Å². The number of fused-ring (bicyclic) bond motifs is 1. The molecule has 2 N–H and O–H groups in total. The van der Waals surface area contributed by atoms with Crippen LogP contribution in [0.25, 0.3) is 0 Å². The highest BCUT2D eigenvalue weighted by molar-refractivity contribution is 6.42. The highest BCUT2D eigenvalue weighted by Gasteiger charge is 2.40. The van der Waals surface area contributed by atoms with E-state index >= 15 is 0 Å². The molecule has 21 heavy (non-hydrogen) atoms. The Labute approximate surface area is 131 Å². The Balaban J connectivity index is 1.91. The fourth-order valence-electron chi connectivity index (χ4n) is 3.10. The summed E-state index contributed by atoms with van der Waals surface area (Å²) in [5.41, 5.74) is 0.564. The normalized spacial score (nSPS) is 25.5. The third-order valence-electron chi connectivity index (χ3n) is 4.16. The number of aromatic hydroxyl groups is 1. The molecule has 2 aliphatic rings. The number of halogens is 2. The number of phenolic OH excluding ortho intramolecular Hbond substituents is 1. The summed E-state index contributed by atoms with van der Waals surface area (Å²) in [6, 6.07) is 2.54. The SMILES string of the molecule is O=C1NCC(=O)N2CC[C@@H](c3c(O)ccc(Cl)c3Cl)C[C@@H]12. The zero-order valence-corrected chi connectivity index (χ0v) is 12.6. The second-order valence-electron chi connectivity index (χ2n) is 5.34. The molecule has 0 saturated carbocycles. The number of amides is 2. The minimum Gasteiger partial charge on any atom is -0.508 e. The van der Waals surface area contributed by atoms with E-state index in [0.29, 0.717) is 35.0 Å². The molecule has 2 atom stereocenters. The van der Waals surface area contributed by atoms with E-state index in [1.807, 2.05) is 0 Å². The lowest BCUT2D eigenvalue weighted by atomic mass is 9.83. The summed E-state index contributed by atoms with van der Waals surface area (Å²) < 4.78 is 0. The van der Waals surface area contributed by atoms with E-state index in [4.69, 9.17) is 23.2 Å². The number of hydrogen-bond acceptors (Lipinski definition) is 3. The van der Waals surface area contributed by atoms with Crippen molar-refractivity contribution in [3.63, 3.8) is 0 Å². The van der Waals surface area contributed by atoms with Crippen LogP contribution in [0.4, 0.5) is 0 Å². The van der Waals surface area contributed by atoms with Gasteiger partial charge in [0.25, 0.3) is 0 Å². The molecular weight excluding hydrogens is 315 g/mol. The lowest BCUT2D eigenvalue weighted by Crippen LogP contribution is -2.60. The van der Waals surface area contributed by atoms with Gasteiger partial charge in [0.05, 0.1) is 16.6 Å². The first-order valence-corrected chi connectivity index (χ1v) is 7.48. The predicted octanol–water partition coefficient (Wildman–Crippen LogP) is 1.90. The van der Waals surface area contributed by atoms with Crippen LogP contribution in [0.1, 0.15) is 24.3 Å². The van der Waals surface area contributed by atoms with Crippen LogP contribution in [0.3, 0.4) is 0 Å². The molecule has 5 nitrogen and oxygen atoms in total. The molecule has 2 aliphatic heterocycles. The highest BCUT2D eigenvalue weighted by Crippen LogP contribution is 2.43.